The van der Waals surface area contributed by atoms with Crippen molar-refractivity contribution in [1.82, 2.24) is 16.2 Å². The first kappa shape index (κ1) is 21.4. The van der Waals surface area contributed by atoms with Crippen LogP contribution in [0.1, 0.15) is 28.4 Å². The van der Waals surface area contributed by atoms with Crippen LogP contribution < -0.4 is 26.6 Å². The second-order valence-corrected chi connectivity index (χ2v) is 6.62. The van der Waals surface area contributed by atoms with E-state index in [1.54, 1.807) is 54.6 Å². The van der Waals surface area contributed by atoms with E-state index in [1.807, 2.05) is 30.3 Å². The maximum absolute atomic E-state index is 12.4. The van der Waals surface area contributed by atoms with Gasteiger partial charge in [-0.3, -0.25) is 20.4 Å². The minimum atomic E-state index is -0.777. The van der Waals surface area contributed by atoms with Gasteiger partial charge in [-0.25, -0.2) is 4.79 Å². The van der Waals surface area contributed by atoms with Crippen molar-refractivity contribution in [2.75, 3.05) is 0 Å². The van der Waals surface area contributed by atoms with Crippen LogP contribution in [-0.4, -0.2) is 17.8 Å². The number of nitrogens with one attached hydrogen (secondary N) is 3. The topological polar surface area (TPSA) is 123 Å². The van der Waals surface area contributed by atoms with Gasteiger partial charge in [-0.1, -0.05) is 48.5 Å². The van der Waals surface area contributed by atoms with Crippen molar-refractivity contribution in [2.45, 2.75) is 12.5 Å². The van der Waals surface area contributed by atoms with Crippen LogP contribution in [0.15, 0.2) is 84.9 Å². The number of hydrogen-bond donors (Lipinski definition) is 4. The van der Waals surface area contributed by atoms with Gasteiger partial charge in [0.25, 0.3) is 5.91 Å². The van der Waals surface area contributed by atoms with Gasteiger partial charge in [0, 0.05) is 5.56 Å². The third-order valence-electron chi connectivity index (χ3n) is 4.30. The van der Waals surface area contributed by atoms with E-state index in [1.165, 1.54) is 0 Å². The molecule has 1 atom stereocenters. The van der Waals surface area contributed by atoms with E-state index in [9.17, 15) is 14.4 Å². The van der Waals surface area contributed by atoms with Gasteiger partial charge in [0.1, 0.15) is 11.5 Å². The molecule has 0 heterocycles. The number of para-hydroxylation sites is 1. The summed E-state index contributed by atoms with van der Waals surface area (Å²) in [4.78, 5) is 35.9. The fourth-order valence-electron chi connectivity index (χ4n) is 2.87. The quantitative estimate of drug-likeness (QED) is 0.441. The molecule has 3 aromatic rings. The second kappa shape index (κ2) is 10.4. The van der Waals surface area contributed by atoms with Crippen LogP contribution in [0, 0.1) is 0 Å². The molecule has 3 aromatic carbocycles. The van der Waals surface area contributed by atoms with Crippen molar-refractivity contribution in [3.63, 3.8) is 0 Å². The van der Waals surface area contributed by atoms with Crippen LogP contribution >= 0.6 is 0 Å². The van der Waals surface area contributed by atoms with Crippen LogP contribution in [0.3, 0.4) is 0 Å². The Balaban J connectivity index is 1.65. The molecule has 0 bridgehead atoms. The fourth-order valence-corrected chi connectivity index (χ4v) is 2.87. The van der Waals surface area contributed by atoms with Gasteiger partial charge in [-0.05, 0) is 42.0 Å². The van der Waals surface area contributed by atoms with Gasteiger partial charge < -0.3 is 15.8 Å². The summed E-state index contributed by atoms with van der Waals surface area (Å²) >= 11 is 0. The zero-order valence-electron chi connectivity index (χ0n) is 16.6. The molecule has 0 aliphatic carbocycles. The predicted molar refractivity (Wildman–Crippen MR) is 115 cm³/mol. The second-order valence-electron chi connectivity index (χ2n) is 6.62. The number of hydrazine groups is 1. The molecule has 0 radical (unpaired) electrons. The number of primary amides is 1. The van der Waals surface area contributed by atoms with Gasteiger partial charge in [0.15, 0.2) is 0 Å². The number of carbonyl (C=O) groups excluding carboxylic acids is 3. The summed E-state index contributed by atoms with van der Waals surface area (Å²) < 4.78 is 5.81. The Hall–Kier alpha value is -4.33. The van der Waals surface area contributed by atoms with E-state index < -0.39 is 23.9 Å². The molecule has 0 aromatic heterocycles. The van der Waals surface area contributed by atoms with E-state index in [4.69, 9.17) is 10.5 Å². The smallest absolute Gasteiger partial charge is 0.312 e. The molecular weight excluding hydrogens is 396 g/mol. The molecule has 0 unspecified atom stereocenters. The van der Waals surface area contributed by atoms with E-state index in [0.717, 1.165) is 0 Å². The average molecular weight is 418 g/mol. The lowest BCUT2D eigenvalue weighted by atomic mass is 10.0. The number of hydrogen-bond acceptors (Lipinski definition) is 4. The summed E-state index contributed by atoms with van der Waals surface area (Å²) in [6.07, 6.45) is -0.146. The zero-order valence-corrected chi connectivity index (χ0v) is 16.6. The largest absolute Gasteiger partial charge is 0.457 e. The lowest BCUT2D eigenvalue weighted by Gasteiger charge is -2.19. The number of ether oxygens (including phenoxy) is 1. The molecule has 4 amide bonds. The summed E-state index contributed by atoms with van der Waals surface area (Å²) in [5, 5.41) is 2.55. The molecule has 0 spiro atoms. The molecule has 8 heteroatoms. The molecular formula is C23H22N4O4. The molecule has 0 aliphatic rings. The first-order chi connectivity index (χ1) is 15.0. The Morgan fingerprint density at radius 2 is 1.45 bits per heavy atom. The van der Waals surface area contributed by atoms with Crippen molar-refractivity contribution in [2.24, 2.45) is 5.73 Å². The first-order valence-corrected chi connectivity index (χ1v) is 9.54. The Morgan fingerprint density at radius 1 is 0.806 bits per heavy atom. The molecule has 8 nitrogen and oxygen atoms in total. The summed E-state index contributed by atoms with van der Waals surface area (Å²) in [7, 11) is 0. The van der Waals surface area contributed by atoms with Crippen molar-refractivity contribution >= 4 is 17.8 Å². The number of amides is 4. The molecule has 0 saturated heterocycles. The van der Waals surface area contributed by atoms with E-state index in [2.05, 4.69) is 16.2 Å². The maximum atomic E-state index is 12.4. The minimum Gasteiger partial charge on any atom is -0.457 e. The van der Waals surface area contributed by atoms with Crippen molar-refractivity contribution in [1.29, 1.82) is 0 Å². The molecule has 0 fully saturated rings. The van der Waals surface area contributed by atoms with Gasteiger partial charge in [-0.15, -0.1) is 0 Å². The Labute approximate surface area is 179 Å². The summed E-state index contributed by atoms with van der Waals surface area (Å²) in [6, 6.07) is 23.1. The van der Waals surface area contributed by atoms with Crippen molar-refractivity contribution < 1.29 is 19.1 Å². The fraction of sp³-hybridized carbons (Fsp3) is 0.0870. The van der Waals surface area contributed by atoms with E-state index in [0.29, 0.717) is 22.6 Å². The SMILES string of the molecule is NC(=O)N[C@@H](CC(=O)NNC(=O)c1ccccc1)c1cccc(Oc2ccccc2)c1. The Morgan fingerprint density at radius 3 is 2.13 bits per heavy atom. The van der Waals surface area contributed by atoms with Gasteiger partial charge in [0.05, 0.1) is 12.5 Å². The molecule has 3 rings (SSSR count). The number of urea groups is 1. The standard InChI is InChI=1S/C23H22N4O4/c24-23(30)25-20(15-21(28)26-27-22(29)16-8-3-1-4-9-16)17-10-7-13-19(14-17)31-18-11-5-2-6-12-18/h1-14,20H,15H2,(H,26,28)(H,27,29)(H3,24,25,30)/t20-/m0/s1. The predicted octanol–water partition coefficient (Wildman–Crippen LogP) is 3.04. The summed E-state index contributed by atoms with van der Waals surface area (Å²) in [5.74, 6) is 0.238. The highest BCUT2D eigenvalue weighted by Gasteiger charge is 2.19. The highest BCUT2D eigenvalue weighted by Crippen LogP contribution is 2.25. The third kappa shape index (κ3) is 6.60. The molecule has 0 aliphatic heterocycles. The maximum Gasteiger partial charge on any atom is 0.312 e. The lowest BCUT2D eigenvalue weighted by Crippen LogP contribution is -2.44. The van der Waals surface area contributed by atoms with E-state index in [-0.39, 0.29) is 6.42 Å². The highest BCUT2D eigenvalue weighted by molar-refractivity contribution is 5.95. The lowest BCUT2D eigenvalue weighted by molar-refractivity contribution is -0.122. The molecule has 0 saturated carbocycles. The molecule has 158 valence electrons. The van der Waals surface area contributed by atoms with Gasteiger partial charge in [0.2, 0.25) is 5.91 Å². The van der Waals surface area contributed by atoms with Crippen LogP contribution in [0.5, 0.6) is 11.5 Å². The highest BCUT2D eigenvalue weighted by atomic mass is 16.5. The number of nitrogens with two attached hydrogens (primary N) is 1. The van der Waals surface area contributed by atoms with Crippen LogP contribution in [0.2, 0.25) is 0 Å². The Kier molecular flexibility index (Phi) is 7.21. The van der Waals surface area contributed by atoms with Crippen molar-refractivity contribution in [3.8, 4) is 11.5 Å². The Bertz CT molecular complexity index is 1040. The number of rotatable bonds is 7. The third-order valence-corrected chi connectivity index (χ3v) is 4.30. The molecule has 31 heavy (non-hydrogen) atoms. The number of benzene rings is 3. The van der Waals surface area contributed by atoms with Crippen molar-refractivity contribution in [3.05, 3.63) is 96.1 Å². The average Bonchev–Trinajstić information content (AvgIpc) is 2.78. The monoisotopic (exact) mass is 418 g/mol. The minimum absolute atomic E-state index is 0.146. The summed E-state index contributed by atoms with van der Waals surface area (Å²) in [5.41, 5.74) is 11.0. The zero-order chi connectivity index (χ0) is 22.1. The normalized spacial score (nSPS) is 11.1. The first-order valence-electron chi connectivity index (χ1n) is 9.54. The van der Waals surface area contributed by atoms with Crippen LogP contribution in [0.4, 0.5) is 4.79 Å². The molecule has 5 N–H and O–H groups in total. The van der Waals surface area contributed by atoms with Gasteiger partial charge >= 0.3 is 6.03 Å². The van der Waals surface area contributed by atoms with Gasteiger partial charge in [-0.2, -0.15) is 0 Å². The van der Waals surface area contributed by atoms with Crippen LogP contribution in [0.25, 0.3) is 0 Å². The summed E-state index contributed by atoms with van der Waals surface area (Å²) in [6.45, 7) is 0. The van der Waals surface area contributed by atoms with Crippen LogP contribution in [-0.2, 0) is 4.79 Å². The van der Waals surface area contributed by atoms with E-state index >= 15 is 0 Å². The number of carbonyl (C=O) groups is 3.